The first-order chi connectivity index (χ1) is 9.28. The van der Waals surface area contributed by atoms with Gasteiger partial charge < -0.3 is 15.4 Å². The Morgan fingerprint density at radius 1 is 1.47 bits per heavy atom. The van der Waals surface area contributed by atoms with Gasteiger partial charge in [0.25, 0.3) is 0 Å². The molecule has 106 valence electrons. The number of nitrogen functional groups attached to an aromatic ring is 1. The van der Waals surface area contributed by atoms with Crippen LogP contribution >= 0.6 is 0 Å². The van der Waals surface area contributed by atoms with E-state index in [-0.39, 0.29) is 6.61 Å². The van der Waals surface area contributed by atoms with Gasteiger partial charge in [0.05, 0.1) is 0 Å². The van der Waals surface area contributed by atoms with Gasteiger partial charge in [-0.25, -0.2) is 15.8 Å². The number of hydrogen-bond donors (Lipinski definition) is 3. The van der Waals surface area contributed by atoms with Gasteiger partial charge in [-0.15, -0.1) is 0 Å². The molecular formula is C13H23N5O. The second kappa shape index (κ2) is 6.68. The molecule has 0 aromatic carbocycles. The highest BCUT2D eigenvalue weighted by Gasteiger charge is 2.26. The number of rotatable bonds is 7. The quantitative estimate of drug-likeness (QED) is 0.505. The number of aromatic nitrogens is 2. The predicted octanol–water partition coefficient (Wildman–Crippen LogP) is 1.07. The largest absolute Gasteiger partial charge is 0.396 e. The molecule has 1 saturated carbocycles. The normalized spacial score (nSPS) is 15.1. The monoisotopic (exact) mass is 265 g/mol. The summed E-state index contributed by atoms with van der Waals surface area (Å²) in [5, 5.41) is 9.04. The lowest BCUT2D eigenvalue weighted by Gasteiger charge is -2.38. The second-order valence-electron chi connectivity index (χ2n) is 4.88. The molecule has 1 aromatic rings. The maximum Gasteiger partial charge on any atom is 0.145 e. The molecule has 6 heteroatoms. The van der Waals surface area contributed by atoms with Gasteiger partial charge >= 0.3 is 0 Å². The molecule has 0 atom stereocenters. The van der Waals surface area contributed by atoms with E-state index in [1.54, 1.807) is 0 Å². The maximum absolute atomic E-state index is 9.04. The van der Waals surface area contributed by atoms with E-state index in [0.29, 0.717) is 11.9 Å². The molecule has 2 rings (SSSR count). The molecule has 19 heavy (non-hydrogen) atoms. The zero-order chi connectivity index (χ0) is 13.7. The first kappa shape index (κ1) is 14.0. The summed E-state index contributed by atoms with van der Waals surface area (Å²) in [5.74, 6) is 7.82. The van der Waals surface area contributed by atoms with Gasteiger partial charge in [0, 0.05) is 31.7 Å². The molecule has 1 heterocycles. The Kier molecular flexibility index (Phi) is 4.93. The molecule has 1 aliphatic carbocycles. The molecular weight excluding hydrogens is 242 g/mol. The van der Waals surface area contributed by atoms with Crippen LogP contribution in [0.25, 0.3) is 0 Å². The number of aryl methyl sites for hydroxylation is 1. The first-order valence-electron chi connectivity index (χ1n) is 7.00. The lowest BCUT2D eigenvalue weighted by Crippen LogP contribution is -2.41. The highest BCUT2D eigenvalue weighted by molar-refractivity contribution is 5.50. The number of nitrogens with zero attached hydrogens (tertiary/aromatic N) is 3. The molecule has 0 saturated heterocycles. The number of nitrogens with two attached hydrogens (primary N) is 1. The predicted molar refractivity (Wildman–Crippen MR) is 75.9 cm³/mol. The lowest BCUT2D eigenvalue weighted by molar-refractivity contribution is 0.282. The summed E-state index contributed by atoms with van der Waals surface area (Å²) in [5.41, 5.74) is 2.60. The summed E-state index contributed by atoms with van der Waals surface area (Å²) in [4.78, 5) is 11.2. The highest BCUT2D eigenvalue weighted by Crippen LogP contribution is 2.29. The molecule has 0 unspecified atom stereocenters. The molecule has 1 aromatic heterocycles. The van der Waals surface area contributed by atoms with Gasteiger partial charge in [0.2, 0.25) is 0 Å². The zero-order valence-electron chi connectivity index (χ0n) is 11.5. The van der Waals surface area contributed by atoms with Gasteiger partial charge in [-0.1, -0.05) is 6.92 Å². The van der Waals surface area contributed by atoms with Crippen molar-refractivity contribution in [3.8, 4) is 0 Å². The van der Waals surface area contributed by atoms with E-state index in [1.807, 2.05) is 13.0 Å². The number of anilines is 2. The summed E-state index contributed by atoms with van der Waals surface area (Å²) >= 11 is 0. The van der Waals surface area contributed by atoms with E-state index in [2.05, 4.69) is 20.3 Å². The molecule has 1 aliphatic rings. The Morgan fingerprint density at radius 3 is 2.79 bits per heavy atom. The zero-order valence-corrected chi connectivity index (χ0v) is 11.5. The Balaban J connectivity index is 2.23. The van der Waals surface area contributed by atoms with Crippen molar-refractivity contribution in [2.24, 2.45) is 5.84 Å². The smallest absolute Gasteiger partial charge is 0.145 e. The Labute approximate surface area is 114 Å². The highest BCUT2D eigenvalue weighted by atomic mass is 16.3. The van der Waals surface area contributed by atoms with Gasteiger partial charge in [-0.05, 0) is 25.7 Å². The van der Waals surface area contributed by atoms with Crippen molar-refractivity contribution < 1.29 is 5.11 Å². The number of aliphatic hydroxyl groups excluding tert-OH is 1. The lowest BCUT2D eigenvalue weighted by atomic mass is 9.91. The number of hydrogen-bond acceptors (Lipinski definition) is 6. The summed E-state index contributed by atoms with van der Waals surface area (Å²) in [6, 6.07) is 2.42. The molecule has 0 amide bonds. The van der Waals surface area contributed by atoms with Crippen molar-refractivity contribution in [3.63, 3.8) is 0 Å². The number of aliphatic hydroxyl groups is 1. The van der Waals surface area contributed by atoms with E-state index in [4.69, 9.17) is 10.9 Å². The molecule has 0 spiro atoms. The molecule has 0 aliphatic heterocycles. The van der Waals surface area contributed by atoms with E-state index in [0.717, 1.165) is 31.0 Å². The van der Waals surface area contributed by atoms with Crippen molar-refractivity contribution in [3.05, 3.63) is 11.9 Å². The van der Waals surface area contributed by atoms with Gasteiger partial charge in [0.15, 0.2) is 0 Å². The van der Waals surface area contributed by atoms with Crippen molar-refractivity contribution in [2.75, 3.05) is 23.5 Å². The minimum atomic E-state index is 0.205. The van der Waals surface area contributed by atoms with Crippen molar-refractivity contribution in [1.29, 1.82) is 0 Å². The Hall–Kier alpha value is -1.40. The third kappa shape index (κ3) is 3.33. The standard InChI is InChI=1S/C13H23N5O/c1-2-11-15-12(17-14)9-13(16-11)18(7-4-8-19)10-5-3-6-10/h9-10,19H,2-8,14H2,1H3,(H,15,16,17). The molecule has 1 fully saturated rings. The third-order valence-corrected chi connectivity index (χ3v) is 3.59. The fourth-order valence-corrected chi connectivity index (χ4v) is 2.29. The van der Waals surface area contributed by atoms with Crippen LogP contribution in [0.5, 0.6) is 0 Å². The Bertz CT molecular complexity index is 386. The summed E-state index contributed by atoms with van der Waals surface area (Å²) < 4.78 is 0. The van der Waals surface area contributed by atoms with Crippen molar-refractivity contribution in [1.82, 2.24) is 9.97 Å². The van der Waals surface area contributed by atoms with E-state index >= 15 is 0 Å². The molecule has 6 nitrogen and oxygen atoms in total. The Morgan fingerprint density at radius 2 is 2.26 bits per heavy atom. The van der Waals surface area contributed by atoms with Gasteiger partial charge in [-0.2, -0.15) is 0 Å². The summed E-state index contributed by atoms with van der Waals surface area (Å²) in [7, 11) is 0. The van der Waals surface area contributed by atoms with Crippen molar-refractivity contribution >= 4 is 11.6 Å². The topological polar surface area (TPSA) is 87.3 Å². The van der Waals surface area contributed by atoms with Crippen LogP contribution in [0.4, 0.5) is 11.6 Å². The van der Waals surface area contributed by atoms with E-state index in [1.165, 1.54) is 19.3 Å². The molecule has 0 radical (unpaired) electrons. The van der Waals surface area contributed by atoms with Crippen LogP contribution in [0.1, 0.15) is 38.4 Å². The van der Waals surface area contributed by atoms with E-state index < -0.39 is 0 Å². The second-order valence-corrected chi connectivity index (χ2v) is 4.88. The summed E-state index contributed by atoms with van der Waals surface area (Å²) in [6.45, 7) is 3.06. The average molecular weight is 265 g/mol. The van der Waals surface area contributed by atoms with Gasteiger partial charge in [0.1, 0.15) is 17.5 Å². The van der Waals surface area contributed by atoms with Crippen LogP contribution in [0.2, 0.25) is 0 Å². The maximum atomic E-state index is 9.04. The summed E-state index contributed by atoms with van der Waals surface area (Å²) in [6.07, 6.45) is 5.20. The average Bonchev–Trinajstić information content (AvgIpc) is 2.40. The van der Waals surface area contributed by atoms with Crippen molar-refractivity contribution in [2.45, 2.75) is 45.1 Å². The number of hydrazine groups is 1. The van der Waals surface area contributed by atoms with Crippen LogP contribution in [0.15, 0.2) is 6.07 Å². The van der Waals surface area contributed by atoms with Crippen LogP contribution < -0.4 is 16.2 Å². The van der Waals surface area contributed by atoms with Crippen LogP contribution in [0, 0.1) is 0 Å². The van der Waals surface area contributed by atoms with E-state index in [9.17, 15) is 0 Å². The minimum absolute atomic E-state index is 0.205. The third-order valence-electron chi connectivity index (χ3n) is 3.59. The molecule has 4 N–H and O–H groups in total. The first-order valence-corrected chi connectivity index (χ1v) is 7.00. The van der Waals surface area contributed by atoms with Crippen LogP contribution in [0.3, 0.4) is 0 Å². The van der Waals surface area contributed by atoms with Crippen LogP contribution in [-0.2, 0) is 6.42 Å². The fourth-order valence-electron chi connectivity index (χ4n) is 2.29. The van der Waals surface area contributed by atoms with Crippen LogP contribution in [-0.4, -0.2) is 34.3 Å². The molecule has 0 bridgehead atoms. The minimum Gasteiger partial charge on any atom is -0.396 e. The number of nitrogens with one attached hydrogen (secondary N) is 1. The fraction of sp³-hybridized carbons (Fsp3) is 0.692. The SMILES string of the molecule is CCc1nc(NN)cc(N(CCCO)C2CCC2)n1. The van der Waals surface area contributed by atoms with Gasteiger partial charge in [-0.3, -0.25) is 0 Å².